The van der Waals surface area contributed by atoms with Gasteiger partial charge in [0.15, 0.2) is 0 Å². The maximum atomic E-state index is 14.2. The quantitative estimate of drug-likeness (QED) is 0.122. The van der Waals surface area contributed by atoms with Gasteiger partial charge in [-0.1, -0.05) is 86.7 Å². The summed E-state index contributed by atoms with van der Waals surface area (Å²) < 4.78 is 10.7. The molecule has 4 N–H and O–H groups in total. The van der Waals surface area contributed by atoms with E-state index < -0.39 is 47.7 Å². The van der Waals surface area contributed by atoms with Crippen LogP contribution in [0.2, 0.25) is 0 Å². The molecular weight excluding hydrogens is 652 g/mol. The molecule has 0 aromatic heterocycles. The first-order valence-electron chi connectivity index (χ1n) is 17.7. The predicted octanol–water partition coefficient (Wildman–Crippen LogP) is 5.61. The lowest BCUT2D eigenvalue weighted by molar-refractivity contribution is -0.144. The molecule has 0 saturated carbocycles. The molecule has 0 spiro atoms. The summed E-state index contributed by atoms with van der Waals surface area (Å²) in [4.78, 5) is 66.0. The number of alkyl carbamates (subject to hydrolysis) is 2. The van der Waals surface area contributed by atoms with E-state index in [2.05, 4.69) is 16.0 Å². The van der Waals surface area contributed by atoms with Crippen LogP contribution in [0.3, 0.4) is 0 Å². The van der Waals surface area contributed by atoms with Crippen molar-refractivity contribution in [3.05, 3.63) is 83.9 Å². The third-order valence-corrected chi connectivity index (χ3v) is 8.22. The van der Waals surface area contributed by atoms with Gasteiger partial charge in [0.25, 0.3) is 0 Å². The Bertz CT molecular complexity index is 1460. The largest absolute Gasteiger partial charge is 0.480 e. The molecule has 12 nitrogen and oxygen atoms in total. The lowest BCUT2D eigenvalue weighted by atomic mass is 9.95. The number of carboxylic acid groups (broad SMARTS) is 1. The van der Waals surface area contributed by atoms with E-state index in [1.54, 1.807) is 26.8 Å². The minimum Gasteiger partial charge on any atom is -0.480 e. The number of nitrogens with one attached hydrogen (secondary N) is 3. The Morgan fingerprint density at radius 1 is 0.922 bits per heavy atom. The molecule has 4 amide bonds. The number of amides is 4. The van der Waals surface area contributed by atoms with Crippen molar-refractivity contribution < 1.29 is 38.6 Å². The van der Waals surface area contributed by atoms with E-state index in [1.165, 1.54) is 4.90 Å². The van der Waals surface area contributed by atoms with Crippen LogP contribution in [0.25, 0.3) is 0 Å². The van der Waals surface area contributed by atoms with Gasteiger partial charge in [-0.25, -0.2) is 14.4 Å². The average molecular weight is 707 g/mol. The number of carbonyl (C=O) groups is 5. The van der Waals surface area contributed by atoms with Crippen LogP contribution in [0.4, 0.5) is 9.59 Å². The van der Waals surface area contributed by atoms with Crippen molar-refractivity contribution in [1.29, 1.82) is 0 Å². The molecule has 0 aliphatic carbocycles. The van der Waals surface area contributed by atoms with Crippen LogP contribution < -0.4 is 16.0 Å². The van der Waals surface area contributed by atoms with Crippen LogP contribution in [0, 0.1) is 11.8 Å². The van der Waals surface area contributed by atoms with Crippen LogP contribution in [-0.2, 0) is 36.9 Å². The summed E-state index contributed by atoms with van der Waals surface area (Å²) in [6, 6.07) is 16.4. The van der Waals surface area contributed by atoms with Gasteiger partial charge in [-0.05, 0) is 76.3 Å². The Labute approximate surface area is 301 Å². The van der Waals surface area contributed by atoms with Crippen molar-refractivity contribution in [2.75, 3.05) is 13.1 Å². The fourth-order valence-electron chi connectivity index (χ4n) is 5.84. The van der Waals surface area contributed by atoms with Crippen molar-refractivity contribution in [2.45, 2.75) is 103 Å². The first-order valence-corrected chi connectivity index (χ1v) is 17.7. The highest BCUT2D eigenvalue weighted by molar-refractivity contribution is 5.92. The highest BCUT2D eigenvalue weighted by Crippen LogP contribution is 2.24. The first kappa shape index (κ1) is 40.6. The van der Waals surface area contributed by atoms with E-state index >= 15 is 0 Å². The van der Waals surface area contributed by atoms with Crippen LogP contribution >= 0.6 is 0 Å². The fraction of sp³-hybridized carbons (Fsp3) is 0.513. The molecule has 3 rings (SSSR count). The fourth-order valence-corrected chi connectivity index (χ4v) is 5.84. The van der Waals surface area contributed by atoms with Crippen molar-refractivity contribution in [3.8, 4) is 0 Å². The molecule has 12 heteroatoms. The summed E-state index contributed by atoms with van der Waals surface area (Å²) in [7, 11) is 0. The molecule has 4 atom stereocenters. The van der Waals surface area contributed by atoms with Gasteiger partial charge in [0, 0.05) is 13.1 Å². The van der Waals surface area contributed by atoms with E-state index in [9.17, 15) is 29.1 Å². The first-order chi connectivity index (χ1) is 24.2. The summed E-state index contributed by atoms with van der Waals surface area (Å²) in [6.07, 6.45) is 4.80. The number of hydrogen-bond acceptors (Lipinski definition) is 7. The number of nitrogens with zero attached hydrogens (tertiary/aromatic N) is 1. The highest BCUT2D eigenvalue weighted by atomic mass is 16.6. The van der Waals surface area contributed by atoms with Gasteiger partial charge in [0.05, 0.1) is 12.0 Å². The van der Waals surface area contributed by atoms with E-state index in [0.29, 0.717) is 32.2 Å². The van der Waals surface area contributed by atoms with Crippen molar-refractivity contribution >= 4 is 30.0 Å². The second-order valence-electron chi connectivity index (χ2n) is 14.3. The van der Waals surface area contributed by atoms with E-state index in [0.717, 1.165) is 11.1 Å². The maximum Gasteiger partial charge on any atom is 0.408 e. The number of benzene rings is 2. The zero-order valence-electron chi connectivity index (χ0n) is 30.4. The Morgan fingerprint density at radius 2 is 1.57 bits per heavy atom. The molecular formula is C39H54N4O8. The van der Waals surface area contributed by atoms with Crippen molar-refractivity contribution in [3.63, 3.8) is 0 Å². The van der Waals surface area contributed by atoms with Gasteiger partial charge in [-0.15, -0.1) is 0 Å². The van der Waals surface area contributed by atoms with Crippen LogP contribution in [0.1, 0.15) is 77.8 Å². The molecule has 1 aliphatic heterocycles. The van der Waals surface area contributed by atoms with Gasteiger partial charge < -0.3 is 35.4 Å². The zero-order chi connectivity index (χ0) is 37.4. The minimum atomic E-state index is -1.20. The van der Waals surface area contributed by atoms with E-state index in [-0.39, 0.29) is 43.9 Å². The summed E-state index contributed by atoms with van der Waals surface area (Å²) in [6.45, 7) is 10.1. The van der Waals surface area contributed by atoms with Gasteiger partial charge in [0.2, 0.25) is 11.8 Å². The lowest BCUT2D eigenvalue weighted by Crippen LogP contribution is -2.52. The number of ether oxygens (including phenoxy) is 2. The van der Waals surface area contributed by atoms with Gasteiger partial charge in [-0.3, -0.25) is 9.59 Å². The molecule has 0 bridgehead atoms. The summed E-state index contributed by atoms with van der Waals surface area (Å²) in [5.74, 6) is -2.38. The summed E-state index contributed by atoms with van der Waals surface area (Å²) in [5, 5.41) is 18.0. The second-order valence-corrected chi connectivity index (χ2v) is 14.3. The molecule has 0 unspecified atom stereocenters. The van der Waals surface area contributed by atoms with E-state index in [4.69, 9.17) is 9.47 Å². The van der Waals surface area contributed by atoms with Gasteiger partial charge in [-0.2, -0.15) is 0 Å². The van der Waals surface area contributed by atoms with Crippen molar-refractivity contribution in [2.24, 2.45) is 11.8 Å². The maximum absolute atomic E-state index is 14.2. The number of carboxylic acids is 1. The molecule has 1 heterocycles. The molecule has 1 aliphatic rings. The van der Waals surface area contributed by atoms with Crippen LogP contribution in [0.5, 0.6) is 0 Å². The zero-order valence-corrected chi connectivity index (χ0v) is 30.4. The Kier molecular flexibility index (Phi) is 16.0. The molecule has 278 valence electrons. The second kappa shape index (κ2) is 20.1. The molecule has 2 aromatic rings. The Morgan fingerprint density at radius 3 is 2.18 bits per heavy atom. The molecule has 1 fully saturated rings. The normalized spacial score (nSPS) is 16.3. The van der Waals surface area contributed by atoms with Crippen LogP contribution in [-0.4, -0.2) is 76.8 Å². The third kappa shape index (κ3) is 14.9. The highest BCUT2D eigenvalue weighted by Gasteiger charge is 2.38. The number of likely N-dealkylation sites (tertiary alicyclic amines) is 1. The van der Waals surface area contributed by atoms with Crippen molar-refractivity contribution in [1.82, 2.24) is 20.9 Å². The number of rotatable bonds is 17. The summed E-state index contributed by atoms with van der Waals surface area (Å²) in [5.41, 5.74) is 1.11. The number of aliphatic carboxylic acids is 1. The molecule has 1 saturated heterocycles. The minimum absolute atomic E-state index is 0.0714. The summed E-state index contributed by atoms with van der Waals surface area (Å²) >= 11 is 0. The Hall–Kier alpha value is -4.87. The SMILES string of the molecule is CC(C)C[C@@H](/C=C/[C@H](Cc1ccccc1)C(=O)N1CCC[C@H]1C(=O)N[C@H](CCCNC(=O)OCc1ccccc1)C(=O)O)NC(=O)OC(C)(C)C. The Balaban J connectivity index is 1.65. The monoisotopic (exact) mass is 706 g/mol. The average Bonchev–Trinajstić information content (AvgIpc) is 3.56. The number of carbonyl (C=O) groups excluding carboxylic acids is 4. The number of hydrogen-bond donors (Lipinski definition) is 4. The van der Waals surface area contributed by atoms with Gasteiger partial charge >= 0.3 is 18.2 Å². The molecule has 0 radical (unpaired) electrons. The molecule has 51 heavy (non-hydrogen) atoms. The topological polar surface area (TPSA) is 163 Å². The standard InChI is InChI=1S/C39H54N4O8/c1-27(2)24-31(41-38(49)51-39(3,4)5)21-20-30(25-28-14-8-6-9-15-28)35(45)43-23-13-19-33(43)34(44)42-32(36(46)47)18-12-22-40-37(48)50-26-29-16-10-7-11-17-29/h6-11,14-17,20-21,27,30-33H,12-13,18-19,22-26H2,1-5H3,(H,40,48)(H,41,49)(H,42,44)(H,46,47)/b21-20+/t30-,31-,32-,33+/m1/s1. The van der Waals surface area contributed by atoms with Crippen LogP contribution in [0.15, 0.2) is 72.8 Å². The molecule has 2 aromatic carbocycles. The van der Waals surface area contributed by atoms with Gasteiger partial charge in [0.1, 0.15) is 24.3 Å². The smallest absolute Gasteiger partial charge is 0.408 e. The predicted molar refractivity (Wildman–Crippen MR) is 194 cm³/mol. The van der Waals surface area contributed by atoms with E-state index in [1.807, 2.05) is 80.6 Å². The third-order valence-electron chi connectivity index (χ3n) is 8.22. The lowest BCUT2D eigenvalue weighted by Gasteiger charge is -2.28.